The Kier molecular flexibility index (Phi) is 10.3. The Balaban J connectivity index is 0.000000534. The van der Waals surface area contributed by atoms with Crippen molar-refractivity contribution in [3.63, 3.8) is 0 Å². The second-order valence-corrected chi connectivity index (χ2v) is 7.25. The van der Waals surface area contributed by atoms with E-state index in [4.69, 9.17) is 24.5 Å². The topological polar surface area (TPSA) is 102 Å². The van der Waals surface area contributed by atoms with Crippen LogP contribution >= 0.6 is 0 Å². The van der Waals surface area contributed by atoms with E-state index in [9.17, 15) is 4.39 Å². The van der Waals surface area contributed by atoms with Crippen LogP contribution in [0.1, 0.15) is 12.8 Å². The normalized spacial score (nSPS) is 13.6. The van der Waals surface area contributed by atoms with Crippen molar-refractivity contribution < 1.29 is 28.9 Å². The molecule has 1 fully saturated rings. The van der Waals surface area contributed by atoms with Crippen LogP contribution in [0.15, 0.2) is 48.5 Å². The van der Waals surface area contributed by atoms with Gasteiger partial charge in [0.25, 0.3) is 0 Å². The fraction of sp³-hybridized carbons (Fsp3) is 0.391. The molecule has 1 saturated heterocycles. The van der Waals surface area contributed by atoms with Crippen molar-refractivity contribution >= 4 is 23.3 Å². The molecule has 0 aromatic heterocycles. The molecule has 8 nitrogen and oxygen atoms in total. The van der Waals surface area contributed by atoms with Gasteiger partial charge in [-0.15, -0.1) is 0 Å². The fourth-order valence-electron chi connectivity index (χ4n) is 3.36. The first kappa shape index (κ1) is 24.9. The Morgan fingerprint density at radius 1 is 0.969 bits per heavy atom. The van der Waals surface area contributed by atoms with Crippen LogP contribution in [0.5, 0.6) is 5.75 Å². The highest BCUT2D eigenvalue weighted by Crippen LogP contribution is 2.28. The summed E-state index contributed by atoms with van der Waals surface area (Å²) in [6, 6.07) is 14.8. The predicted octanol–water partition coefficient (Wildman–Crippen LogP) is 3.00. The van der Waals surface area contributed by atoms with Gasteiger partial charge in [-0.2, -0.15) is 0 Å². The maximum Gasteiger partial charge on any atom is 0.414 e. The number of nitrogens with one attached hydrogen (secondary N) is 1. The molecule has 0 unspecified atom stereocenters. The van der Waals surface area contributed by atoms with E-state index in [1.54, 1.807) is 19.2 Å². The number of carbonyl (C=O) groups is 2. The molecule has 0 aliphatic carbocycles. The smallest absolute Gasteiger partial charge is 0.414 e. The lowest BCUT2D eigenvalue weighted by Crippen LogP contribution is -2.46. The standard InChI is InChI=1S/C21H28FN3O.C2H2O4/c1-26-21-7-3-2-6-20(21)25-16-14-24(15-17-25)13-5-4-12-23-19-10-8-18(22)9-11-19;3-1(4)2(5)6/h2-3,6-11,23H,4-5,12-17H2,1H3;(H,3,4)(H,5,6). The van der Waals surface area contributed by atoms with Gasteiger partial charge in [-0.3, -0.25) is 4.90 Å². The maximum absolute atomic E-state index is 12.9. The molecule has 1 aliphatic rings. The van der Waals surface area contributed by atoms with E-state index in [2.05, 4.69) is 27.2 Å². The van der Waals surface area contributed by atoms with Crippen LogP contribution in [0.25, 0.3) is 0 Å². The van der Waals surface area contributed by atoms with E-state index in [1.165, 1.54) is 24.2 Å². The molecule has 1 heterocycles. The van der Waals surface area contributed by atoms with Crippen LogP contribution in [0.2, 0.25) is 0 Å². The lowest BCUT2D eigenvalue weighted by molar-refractivity contribution is -0.159. The number of unbranched alkanes of at least 4 members (excludes halogenated alkanes) is 1. The van der Waals surface area contributed by atoms with Crippen molar-refractivity contribution in [2.24, 2.45) is 0 Å². The number of hydrogen-bond donors (Lipinski definition) is 3. The summed E-state index contributed by atoms with van der Waals surface area (Å²) in [4.78, 5) is 23.1. The second kappa shape index (κ2) is 13.2. The highest BCUT2D eigenvalue weighted by molar-refractivity contribution is 6.27. The molecule has 1 aliphatic heterocycles. The van der Waals surface area contributed by atoms with Crippen LogP contribution in [0.3, 0.4) is 0 Å². The molecule has 0 radical (unpaired) electrons. The van der Waals surface area contributed by atoms with Gasteiger partial charge < -0.3 is 25.2 Å². The summed E-state index contributed by atoms with van der Waals surface area (Å²) in [6.45, 7) is 6.30. The lowest BCUT2D eigenvalue weighted by Gasteiger charge is -2.36. The molecule has 0 amide bonds. The first-order valence-electron chi connectivity index (χ1n) is 10.5. The number of piperazine rings is 1. The van der Waals surface area contributed by atoms with Gasteiger partial charge in [-0.05, 0) is 55.8 Å². The molecule has 32 heavy (non-hydrogen) atoms. The highest BCUT2D eigenvalue weighted by atomic mass is 19.1. The van der Waals surface area contributed by atoms with E-state index >= 15 is 0 Å². The molecule has 3 rings (SSSR count). The number of carboxylic acids is 2. The number of carboxylic acid groups (broad SMARTS) is 2. The van der Waals surface area contributed by atoms with Gasteiger partial charge in [0, 0.05) is 38.4 Å². The van der Waals surface area contributed by atoms with Gasteiger partial charge in [-0.1, -0.05) is 12.1 Å². The van der Waals surface area contributed by atoms with Crippen molar-refractivity contribution in [2.45, 2.75) is 12.8 Å². The molecule has 3 N–H and O–H groups in total. The molecule has 174 valence electrons. The summed E-state index contributed by atoms with van der Waals surface area (Å²) in [6.07, 6.45) is 2.28. The Labute approximate surface area is 187 Å². The zero-order valence-electron chi connectivity index (χ0n) is 18.2. The summed E-state index contributed by atoms with van der Waals surface area (Å²) in [5.41, 5.74) is 2.18. The first-order chi connectivity index (χ1) is 15.4. The van der Waals surface area contributed by atoms with Crippen LogP contribution in [-0.2, 0) is 9.59 Å². The number of methoxy groups -OCH3 is 1. The minimum absolute atomic E-state index is 0.192. The number of halogens is 1. The average Bonchev–Trinajstić information content (AvgIpc) is 2.81. The van der Waals surface area contributed by atoms with Gasteiger partial charge >= 0.3 is 11.9 Å². The van der Waals surface area contributed by atoms with Crippen molar-refractivity contribution in [3.05, 3.63) is 54.3 Å². The summed E-state index contributed by atoms with van der Waals surface area (Å²) >= 11 is 0. The quantitative estimate of drug-likeness (QED) is 0.419. The van der Waals surface area contributed by atoms with Gasteiger partial charge in [0.2, 0.25) is 0 Å². The Hall–Kier alpha value is -3.33. The zero-order chi connectivity index (χ0) is 23.3. The van der Waals surface area contributed by atoms with Gasteiger partial charge in [0.15, 0.2) is 0 Å². The molecular weight excluding hydrogens is 417 g/mol. The molecular formula is C23H30FN3O5. The lowest BCUT2D eigenvalue weighted by atomic mass is 10.2. The highest BCUT2D eigenvalue weighted by Gasteiger charge is 2.18. The molecule has 0 spiro atoms. The third-order valence-electron chi connectivity index (χ3n) is 5.06. The summed E-state index contributed by atoms with van der Waals surface area (Å²) in [5.74, 6) is -2.89. The number of nitrogens with zero attached hydrogens (tertiary/aromatic N) is 2. The molecule has 9 heteroatoms. The average molecular weight is 448 g/mol. The number of rotatable bonds is 8. The number of benzene rings is 2. The van der Waals surface area contributed by atoms with E-state index in [0.717, 1.165) is 57.1 Å². The number of hydrogen-bond acceptors (Lipinski definition) is 6. The van der Waals surface area contributed by atoms with Crippen molar-refractivity contribution in [1.82, 2.24) is 4.90 Å². The Bertz CT molecular complexity index is 843. The molecule has 0 bridgehead atoms. The second-order valence-electron chi connectivity index (χ2n) is 7.25. The monoisotopic (exact) mass is 447 g/mol. The van der Waals surface area contributed by atoms with Crippen LogP contribution in [0, 0.1) is 5.82 Å². The minimum atomic E-state index is -1.82. The van der Waals surface area contributed by atoms with E-state index in [1.807, 2.05) is 12.1 Å². The largest absolute Gasteiger partial charge is 0.495 e. The summed E-state index contributed by atoms with van der Waals surface area (Å²) < 4.78 is 18.3. The number of ether oxygens (including phenoxy) is 1. The van der Waals surface area contributed by atoms with Crippen LogP contribution < -0.4 is 15.0 Å². The third-order valence-corrected chi connectivity index (χ3v) is 5.06. The number of para-hydroxylation sites is 2. The minimum Gasteiger partial charge on any atom is -0.495 e. The Morgan fingerprint density at radius 3 is 2.19 bits per heavy atom. The third kappa shape index (κ3) is 8.43. The van der Waals surface area contributed by atoms with E-state index in [0.29, 0.717) is 0 Å². The van der Waals surface area contributed by atoms with Crippen molar-refractivity contribution in [2.75, 3.05) is 56.6 Å². The molecule has 0 saturated carbocycles. The summed E-state index contributed by atoms with van der Waals surface area (Å²) in [5, 5.41) is 18.1. The first-order valence-corrected chi connectivity index (χ1v) is 10.5. The number of anilines is 2. The zero-order valence-corrected chi connectivity index (χ0v) is 18.2. The number of aliphatic carboxylic acids is 2. The van der Waals surface area contributed by atoms with E-state index < -0.39 is 11.9 Å². The Morgan fingerprint density at radius 2 is 1.59 bits per heavy atom. The van der Waals surface area contributed by atoms with Crippen molar-refractivity contribution in [3.8, 4) is 5.75 Å². The van der Waals surface area contributed by atoms with Crippen LogP contribution in [-0.4, -0.2) is 73.4 Å². The van der Waals surface area contributed by atoms with Gasteiger partial charge in [-0.25, -0.2) is 14.0 Å². The molecule has 2 aromatic carbocycles. The molecule has 0 atom stereocenters. The maximum atomic E-state index is 12.9. The van der Waals surface area contributed by atoms with Gasteiger partial charge in [0.05, 0.1) is 12.8 Å². The van der Waals surface area contributed by atoms with E-state index in [-0.39, 0.29) is 5.82 Å². The fourth-order valence-corrected chi connectivity index (χ4v) is 3.36. The SMILES string of the molecule is COc1ccccc1N1CCN(CCCCNc2ccc(F)cc2)CC1.O=C(O)C(=O)O. The summed E-state index contributed by atoms with van der Waals surface area (Å²) in [7, 11) is 1.73. The van der Waals surface area contributed by atoms with Gasteiger partial charge in [0.1, 0.15) is 11.6 Å². The van der Waals surface area contributed by atoms with Crippen molar-refractivity contribution in [1.29, 1.82) is 0 Å². The van der Waals surface area contributed by atoms with Crippen LogP contribution in [0.4, 0.5) is 15.8 Å². The molecule has 2 aromatic rings. The predicted molar refractivity (Wildman–Crippen MR) is 121 cm³/mol.